The van der Waals surface area contributed by atoms with Crippen LogP contribution in [-0.2, 0) is 7.05 Å². The Morgan fingerprint density at radius 1 is 1.29 bits per heavy atom. The van der Waals surface area contributed by atoms with Crippen LogP contribution in [-0.4, -0.2) is 31.3 Å². The molecular formula is C27H29N5O2. The van der Waals surface area contributed by atoms with Crippen molar-refractivity contribution in [3.63, 3.8) is 0 Å². The van der Waals surface area contributed by atoms with Gasteiger partial charge in [0.05, 0.1) is 7.11 Å². The molecular weight excluding hydrogens is 426 g/mol. The molecule has 3 aromatic heterocycles. The number of hydrogen-bond donors (Lipinski definition) is 1. The first-order chi connectivity index (χ1) is 16.3. The van der Waals surface area contributed by atoms with Gasteiger partial charge in [-0.1, -0.05) is 49.4 Å². The monoisotopic (exact) mass is 455 g/mol. The van der Waals surface area contributed by atoms with Gasteiger partial charge in [0.15, 0.2) is 11.6 Å². The van der Waals surface area contributed by atoms with Gasteiger partial charge in [-0.05, 0) is 43.0 Å². The molecule has 0 fully saturated rings. The minimum absolute atomic E-state index is 0.258. The van der Waals surface area contributed by atoms with Crippen LogP contribution in [0.15, 0.2) is 72.0 Å². The van der Waals surface area contributed by atoms with E-state index in [0.717, 1.165) is 45.6 Å². The van der Waals surface area contributed by atoms with Crippen LogP contribution in [0, 0.1) is 6.92 Å². The average molecular weight is 456 g/mol. The molecule has 0 radical (unpaired) electrons. The minimum atomic E-state index is -0.258. The molecule has 7 heteroatoms. The maximum Gasteiger partial charge on any atom is 0.276 e. The molecule has 0 unspecified atom stereocenters. The number of nitrogens with zero attached hydrogens (tertiary/aromatic N) is 4. The number of benzene rings is 1. The van der Waals surface area contributed by atoms with E-state index in [-0.39, 0.29) is 5.56 Å². The minimum Gasteiger partial charge on any atom is -0.496 e. The maximum atomic E-state index is 13.4. The van der Waals surface area contributed by atoms with Gasteiger partial charge in [0.2, 0.25) is 0 Å². The van der Waals surface area contributed by atoms with Crippen LogP contribution in [0.5, 0.6) is 5.75 Å². The lowest BCUT2D eigenvalue weighted by molar-refractivity contribution is 0.412. The molecule has 1 N–H and O–H groups in total. The Kier molecular flexibility index (Phi) is 6.36. The fourth-order valence-corrected chi connectivity index (χ4v) is 4.14. The van der Waals surface area contributed by atoms with E-state index < -0.39 is 0 Å². The first kappa shape index (κ1) is 23.0. The first-order valence-corrected chi connectivity index (χ1v) is 11.2. The number of hydrogen-bond acceptors (Lipinski definition) is 4. The van der Waals surface area contributed by atoms with Crippen molar-refractivity contribution in [3.8, 4) is 28.5 Å². The van der Waals surface area contributed by atoms with Crippen LogP contribution in [0.2, 0.25) is 0 Å². The highest BCUT2D eigenvalue weighted by Gasteiger charge is 2.21. The third kappa shape index (κ3) is 4.12. The molecule has 0 amide bonds. The van der Waals surface area contributed by atoms with Crippen LogP contribution in [0.4, 0.5) is 0 Å². The van der Waals surface area contributed by atoms with E-state index in [2.05, 4.69) is 35.6 Å². The van der Waals surface area contributed by atoms with Gasteiger partial charge in [-0.25, -0.2) is 9.50 Å². The van der Waals surface area contributed by atoms with Crippen molar-refractivity contribution in [2.24, 2.45) is 7.05 Å². The predicted molar refractivity (Wildman–Crippen MR) is 137 cm³/mol. The summed E-state index contributed by atoms with van der Waals surface area (Å²) in [6.45, 7) is 10.4. The summed E-state index contributed by atoms with van der Waals surface area (Å²) in [4.78, 5) is 20.6. The van der Waals surface area contributed by atoms with Crippen molar-refractivity contribution in [1.29, 1.82) is 0 Å². The van der Waals surface area contributed by atoms with Crippen molar-refractivity contribution >= 4 is 11.1 Å². The molecule has 174 valence electrons. The molecule has 3 heterocycles. The number of aromatic amines is 1. The lowest BCUT2D eigenvalue weighted by Gasteiger charge is -2.11. The summed E-state index contributed by atoms with van der Waals surface area (Å²) in [6, 6.07) is 5.88. The van der Waals surface area contributed by atoms with Crippen molar-refractivity contribution in [2.45, 2.75) is 27.2 Å². The zero-order valence-corrected chi connectivity index (χ0v) is 20.2. The Hall–Kier alpha value is -4.13. The van der Waals surface area contributed by atoms with Gasteiger partial charge in [-0.3, -0.25) is 4.79 Å². The van der Waals surface area contributed by atoms with Crippen LogP contribution in [0.25, 0.3) is 33.9 Å². The first-order valence-electron chi connectivity index (χ1n) is 11.2. The Bertz CT molecular complexity index is 1500. The molecule has 0 atom stereocenters. The largest absolute Gasteiger partial charge is 0.496 e. The molecule has 0 aliphatic rings. The number of ether oxygens (including phenoxy) is 1. The summed E-state index contributed by atoms with van der Waals surface area (Å²) in [7, 11) is 3.51. The lowest BCUT2D eigenvalue weighted by Crippen LogP contribution is -2.15. The predicted octanol–water partition coefficient (Wildman–Crippen LogP) is 5.33. The Morgan fingerprint density at radius 2 is 2.09 bits per heavy atom. The summed E-state index contributed by atoms with van der Waals surface area (Å²) in [6.07, 6.45) is 12.5. The Morgan fingerprint density at radius 3 is 2.76 bits per heavy atom. The van der Waals surface area contributed by atoms with E-state index in [4.69, 9.17) is 9.84 Å². The highest BCUT2D eigenvalue weighted by atomic mass is 16.5. The second kappa shape index (κ2) is 9.39. The molecule has 4 rings (SSSR count). The normalized spacial score (nSPS) is 12.1. The summed E-state index contributed by atoms with van der Waals surface area (Å²) in [5.74, 6) is 1.74. The smallest absolute Gasteiger partial charge is 0.276 e. The van der Waals surface area contributed by atoms with Crippen LogP contribution >= 0.6 is 0 Å². The second-order valence-electron chi connectivity index (χ2n) is 8.23. The van der Waals surface area contributed by atoms with E-state index in [1.54, 1.807) is 17.8 Å². The standard InChI is InChI=1S/C27H29N5O2/c1-7-8-10-17(2)15-18(3)23-21(20-11-9-12-22(34-6)19(20)4)16-32-24(23)27(33)29-25(30-32)26-28-13-14-31(26)5/h8-16H,3,7H2,1-2,4-6H3,(H,29,30,33)/b10-8-,17-15-. The van der Waals surface area contributed by atoms with Gasteiger partial charge < -0.3 is 14.3 Å². The molecule has 0 saturated carbocycles. The van der Waals surface area contributed by atoms with E-state index in [1.807, 2.05) is 62.1 Å². The van der Waals surface area contributed by atoms with Gasteiger partial charge in [-0.2, -0.15) is 0 Å². The van der Waals surface area contributed by atoms with Gasteiger partial charge in [0, 0.05) is 36.8 Å². The fraction of sp³-hybridized carbons (Fsp3) is 0.222. The van der Waals surface area contributed by atoms with Crippen molar-refractivity contribution in [1.82, 2.24) is 24.1 Å². The topological polar surface area (TPSA) is 77.2 Å². The second-order valence-corrected chi connectivity index (χ2v) is 8.23. The number of allylic oxidation sites excluding steroid dienone is 5. The fourth-order valence-electron chi connectivity index (χ4n) is 4.14. The molecule has 0 saturated heterocycles. The van der Waals surface area contributed by atoms with Crippen molar-refractivity contribution in [2.75, 3.05) is 7.11 Å². The highest BCUT2D eigenvalue weighted by molar-refractivity contribution is 5.94. The summed E-state index contributed by atoms with van der Waals surface area (Å²) in [5.41, 5.74) is 5.48. The van der Waals surface area contributed by atoms with Crippen LogP contribution < -0.4 is 10.3 Å². The molecule has 7 nitrogen and oxygen atoms in total. The molecule has 0 aliphatic carbocycles. The molecule has 4 aromatic rings. The molecule has 0 bridgehead atoms. The number of rotatable bonds is 7. The van der Waals surface area contributed by atoms with Crippen molar-refractivity contribution < 1.29 is 4.74 Å². The molecule has 34 heavy (non-hydrogen) atoms. The van der Waals surface area contributed by atoms with E-state index in [1.165, 1.54) is 0 Å². The average Bonchev–Trinajstić information content (AvgIpc) is 3.41. The number of fused-ring (bicyclic) bond motifs is 1. The lowest BCUT2D eigenvalue weighted by atomic mass is 9.94. The quantitative estimate of drug-likeness (QED) is 0.382. The van der Waals surface area contributed by atoms with E-state index in [0.29, 0.717) is 17.2 Å². The number of methoxy groups -OCH3 is 1. The zero-order chi connectivity index (χ0) is 24.4. The zero-order valence-electron chi connectivity index (χ0n) is 20.2. The number of aryl methyl sites for hydroxylation is 1. The summed E-state index contributed by atoms with van der Waals surface area (Å²) < 4.78 is 8.99. The van der Waals surface area contributed by atoms with Gasteiger partial charge in [0.25, 0.3) is 5.56 Å². The number of H-pyrrole nitrogens is 1. The summed E-state index contributed by atoms with van der Waals surface area (Å²) in [5, 5.41) is 4.70. The highest BCUT2D eigenvalue weighted by Crippen LogP contribution is 2.37. The number of nitrogens with one attached hydrogen (secondary N) is 1. The number of aromatic nitrogens is 5. The van der Waals surface area contributed by atoms with Gasteiger partial charge in [0.1, 0.15) is 11.3 Å². The summed E-state index contributed by atoms with van der Waals surface area (Å²) >= 11 is 0. The van der Waals surface area contributed by atoms with E-state index in [9.17, 15) is 4.79 Å². The molecule has 0 aliphatic heterocycles. The van der Waals surface area contributed by atoms with Crippen molar-refractivity contribution in [3.05, 3.63) is 88.7 Å². The third-order valence-electron chi connectivity index (χ3n) is 5.81. The maximum absolute atomic E-state index is 13.4. The Balaban J connectivity index is 2.02. The van der Waals surface area contributed by atoms with E-state index >= 15 is 0 Å². The molecule has 0 spiro atoms. The molecule has 1 aromatic carbocycles. The number of imidazole rings is 1. The third-order valence-corrected chi connectivity index (χ3v) is 5.81. The SMILES string of the molecule is C=C(/C=C(C)\C=C/CC)c1c(-c2cccc(OC)c2C)cn2nc(-c3nccn3C)[nH]c(=O)c12. The van der Waals surface area contributed by atoms with Crippen LogP contribution in [0.1, 0.15) is 31.4 Å². The van der Waals surface area contributed by atoms with Gasteiger partial charge in [-0.15, -0.1) is 5.10 Å². The van der Waals surface area contributed by atoms with Crippen LogP contribution in [0.3, 0.4) is 0 Å². The Labute approximate surface area is 198 Å². The van der Waals surface area contributed by atoms with Gasteiger partial charge >= 0.3 is 0 Å².